The highest BCUT2D eigenvalue weighted by Crippen LogP contribution is 2.47. The third kappa shape index (κ3) is 37.3. The average Bonchev–Trinajstić information content (AvgIpc) is 1.61. The van der Waals surface area contributed by atoms with Gasteiger partial charge in [-0.3, -0.25) is 24.0 Å². The van der Waals surface area contributed by atoms with Crippen molar-refractivity contribution in [1.82, 2.24) is 0 Å². The summed E-state index contributed by atoms with van der Waals surface area (Å²) < 4.78 is 150. The Morgan fingerprint density at radius 1 is 0.336 bits per heavy atom. The van der Waals surface area contributed by atoms with Gasteiger partial charge in [-0.2, -0.15) is 0 Å². The van der Waals surface area contributed by atoms with Crippen molar-refractivity contribution < 1.29 is 152 Å². The zero-order valence-corrected chi connectivity index (χ0v) is 86.9. The molecule has 778 valence electrons. The van der Waals surface area contributed by atoms with Crippen molar-refractivity contribution in [2.75, 3.05) is 72.7 Å². The molecular weight excluding hydrogens is 1740 g/mol. The van der Waals surface area contributed by atoms with Crippen molar-refractivity contribution >= 4 is 34.7 Å². The van der Waals surface area contributed by atoms with Crippen molar-refractivity contribution in [1.29, 1.82) is 0 Å². The van der Waals surface area contributed by atoms with Crippen LogP contribution in [0.2, 0.25) is 0 Å². The van der Waals surface area contributed by atoms with Crippen LogP contribution in [0.15, 0.2) is 0 Å². The van der Waals surface area contributed by atoms with Gasteiger partial charge in [0, 0.05) is 51.9 Å². The van der Waals surface area contributed by atoms with E-state index in [2.05, 4.69) is 41.5 Å². The minimum absolute atomic E-state index is 0.00536. The molecule has 32 nitrogen and oxygen atoms in total. The number of hydrogen-bond donors (Lipinski definition) is 1. The van der Waals surface area contributed by atoms with E-state index >= 15 is 0 Å². The first-order valence-corrected chi connectivity index (χ1v) is 50.9. The molecule has 0 radical (unpaired) electrons. The topological polar surface area (TPSA) is 353 Å². The lowest BCUT2D eigenvalue weighted by Crippen LogP contribution is -2.50. The lowest BCUT2D eigenvalue weighted by molar-refractivity contribution is -0.326. The van der Waals surface area contributed by atoms with Crippen molar-refractivity contribution in [3.05, 3.63) is 0 Å². The molecule has 12 saturated heterocycles. The van der Waals surface area contributed by atoms with Gasteiger partial charge in [-0.1, -0.05) is 126 Å². The van der Waals surface area contributed by atoms with Crippen LogP contribution in [0.25, 0.3) is 0 Å². The van der Waals surface area contributed by atoms with E-state index in [-0.39, 0.29) is 134 Å². The lowest BCUT2D eigenvalue weighted by Gasteiger charge is -2.45. The van der Waals surface area contributed by atoms with E-state index in [9.17, 15) is 33.9 Å². The number of aliphatic hydroxyl groups excluding tert-OH is 1. The van der Waals surface area contributed by atoms with Gasteiger partial charge in [-0.05, 0) is 175 Å². The number of carbonyl (C=O) groups is 6. The summed E-state index contributed by atoms with van der Waals surface area (Å²) in [7, 11) is 0. The van der Waals surface area contributed by atoms with Crippen LogP contribution in [0.4, 0.5) is 0 Å². The van der Waals surface area contributed by atoms with Crippen LogP contribution in [-0.4, -0.2) is 280 Å². The Morgan fingerprint density at radius 2 is 0.701 bits per heavy atom. The molecule has 1 N–H and O–H groups in total. The average molecular weight is 1920 g/mol. The summed E-state index contributed by atoms with van der Waals surface area (Å²) >= 11 is 0. The molecule has 12 fully saturated rings. The molecule has 22 atom stereocenters. The van der Waals surface area contributed by atoms with Crippen LogP contribution in [-0.2, 0) is 147 Å². The molecule has 22 unspecified atom stereocenters. The third-order valence-electron chi connectivity index (χ3n) is 27.0. The molecule has 0 amide bonds. The molecule has 32 heteroatoms. The van der Waals surface area contributed by atoms with E-state index in [1.54, 1.807) is 41.5 Å². The predicted molar refractivity (Wildman–Crippen MR) is 496 cm³/mol. The minimum atomic E-state index is -1.13. The Morgan fingerprint density at radius 3 is 1.13 bits per heavy atom. The number of Topliss-reactive ketones (excluding diaryl/α,β-unsaturated/α-hetero) is 6. The summed E-state index contributed by atoms with van der Waals surface area (Å²) in [6.07, 6.45) is 22.4. The van der Waals surface area contributed by atoms with Crippen LogP contribution < -0.4 is 0 Å². The Balaban J connectivity index is 0.000000210. The molecular formula is C102H178O32. The summed E-state index contributed by atoms with van der Waals surface area (Å²) in [4.78, 5) is 69.0. The van der Waals surface area contributed by atoms with Crippen LogP contribution in [0.5, 0.6) is 0 Å². The molecule has 0 aromatic rings. The quantitative estimate of drug-likeness (QED) is 0.0554. The smallest absolute Gasteiger partial charge is 0.226 e. The fourth-order valence-corrected chi connectivity index (χ4v) is 19.6. The maximum absolute atomic E-state index is 11.8. The summed E-state index contributed by atoms with van der Waals surface area (Å²) in [5, 5.41) is 10.4. The first-order valence-electron chi connectivity index (χ1n) is 50.9. The largest absolute Gasteiger partial charge is 0.393 e. The first kappa shape index (κ1) is 116. The number of rotatable bonds is 44. The monoisotopic (exact) mass is 1920 g/mol. The summed E-state index contributed by atoms with van der Waals surface area (Å²) in [6, 6.07) is 0. The summed E-state index contributed by atoms with van der Waals surface area (Å²) in [5.74, 6) is -8.76. The van der Waals surface area contributed by atoms with E-state index in [4.69, 9.17) is 118 Å². The van der Waals surface area contributed by atoms with Crippen LogP contribution in [0.3, 0.4) is 0 Å². The number of unbranched alkanes of at least 4 members (excludes halogenated alkanes) is 11. The van der Waals surface area contributed by atoms with E-state index in [0.29, 0.717) is 104 Å². The number of ether oxygens (including phenoxy) is 25. The Kier molecular flexibility index (Phi) is 45.1. The summed E-state index contributed by atoms with van der Waals surface area (Å²) in [5.41, 5.74) is 0. The number of ketones is 6. The van der Waals surface area contributed by atoms with Crippen LogP contribution in [0, 0.1) is 5.92 Å². The SMILES string of the molecule is CC(=O)C1(C)OCC(C2COC(C)(CC(C)C)O2)O1.CCC1(C)OC(C2COC(C)(CC(C)=O)O2)C(C2COC(C)(CC(C)=O)O2)O1.CCC1(C)OCC(OC2COC(C)(CC(C)=O)OC2)CO1.CCCCC(O)CC1CC(CC2CCOC(C)(C)O2)OC(C)(CCC(C)=O)O1.CCCCCCCCC1(C)OCC(C2OC(C)(CCCCCCCC)OC2C2COC(C)(CC(C)=O)O2)O1. The van der Waals surface area contributed by atoms with Crippen LogP contribution in [0.1, 0.15) is 373 Å². The van der Waals surface area contributed by atoms with Crippen molar-refractivity contribution in [3.63, 3.8) is 0 Å². The van der Waals surface area contributed by atoms with E-state index in [1.165, 1.54) is 91.9 Å². The molecule has 12 rings (SSSR count). The Hall–Kier alpha value is -3.02. The Labute approximate surface area is 801 Å². The van der Waals surface area contributed by atoms with Gasteiger partial charge in [0.1, 0.15) is 102 Å². The van der Waals surface area contributed by atoms with Gasteiger partial charge in [-0.15, -0.1) is 0 Å². The molecule has 12 aliphatic rings. The molecule has 12 aliphatic heterocycles. The highest BCUT2D eigenvalue weighted by molar-refractivity contribution is 5.83. The predicted octanol–water partition coefficient (Wildman–Crippen LogP) is 17.0. The summed E-state index contributed by atoms with van der Waals surface area (Å²) in [6.45, 7) is 53.3. The molecule has 0 aliphatic carbocycles. The fourth-order valence-electron chi connectivity index (χ4n) is 19.6. The van der Waals surface area contributed by atoms with E-state index in [1.807, 2.05) is 69.2 Å². The van der Waals surface area contributed by atoms with Crippen molar-refractivity contribution in [3.8, 4) is 0 Å². The van der Waals surface area contributed by atoms with Crippen molar-refractivity contribution in [2.45, 2.75) is 540 Å². The maximum Gasteiger partial charge on any atom is 0.226 e. The molecule has 134 heavy (non-hydrogen) atoms. The third-order valence-corrected chi connectivity index (χ3v) is 27.0. The van der Waals surface area contributed by atoms with Gasteiger partial charge >= 0.3 is 0 Å². The second-order valence-corrected chi connectivity index (χ2v) is 42.4. The molecule has 0 saturated carbocycles. The second-order valence-electron chi connectivity index (χ2n) is 42.4. The zero-order valence-electron chi connectivity index (χ0n) is 86.9. The van der Waals surface area contributed by atoms with Gasteiger partial charge in [-0.25, -0.2) is 0 Å². The molecule has 0 aromatic heterocycles. The van der Waals surface area contributed by atoms with E-state index < -0.39 is 93.9 Å². The van der Waals surface area contributed by atoms with Gasteiger partial charge in [0.25, 0.3) is 0 Å². The second kappa shape index (κ2) is 52.0. The maximum atomic E-state index is 11.8. The lowest BCUT2D eigenvalue weighted by atomic mass is 9.95. The van der Waals surface area contributed by atoms with Gasteiger partial charge in [0.15, 0.2) is 69.4 Å². The highest BCUT2D eigenvalue weighted by atomic mass is 16.8. The van der Waals surface area contributed by atoms with Gasteiger partial charge in [0.2, 0.25) is 5.79 Å². The standard InChI is InChI=1S/C31H56O7.C22H40O6.C20H32O8.C15H26O6.C14H24O5/c1-7-9-11-13-15-17-19-29(4)33-22-25(35-29)27-28(26-23-34-31(6,36-26)21-24(3)32)38-30(5,37-27)20-18-16-14-12-10-8-2;1-6-7-8-17(24)13-19-15-20(14-18-10-12-25-21(3,4)26-18)28-22(5,27-19)11-9-16(2)23;1-7-18(4)27-16(14-10-23-19(5,25-14)8-12(2)21)17(28-18)15-11-24-20(6,26-15)9-13(3)22;1-5-14(3)17-7-12(8-18-14)21-13-9-19-15(4,20-10-13)6-11(2)16;1-9(2)6-13(4)16-7-11(18-13)12-8-17-14(5,19-12)10(3)15/h25-28H,7-23H2,1-6H3;17-20,24H,6-15H2,1-5H3;14-17H,7-11H2,1-6H3;12-13H,5-10H2,1-4H3;9,11-12H,6-8H2,1-5H3. The molecule has 0 bridgehead atoms. The molecule has 0 spiro atoms. The fraction of sp³-hybridized carbons (Fsp3) is 0.941. The first-order chi connectivity index (χ1) is 62.8. The molecule has 12 heterocycles. The Bertz CT molecular complexity index is 3520. The van der Waals surface area contributed by atoms with Crippen molar-refractivity contribution in [2.24, 2.45) is 5.92 Å². The highest BCUT2D eigenvalue weighted by Gasteiger charge is 2.60. The number of hydrogen-bond acceptors (Lipinski definition) is 32. The minimum Gasteiger partial charge on any atom is -0.393 e. The van der Waals surface area contributed by atoms with Gasteiger partial charge < -0.3 is 128 Å². The van der Waals surface area contributed by atoms with Gasteiger partial charge in [0.05, 0.1) is 123 Å². The van der Waals surface area contributed by atoms with Crippen LogP contribution >= 0.6 is 0 Å². The number of aliphatic hydroxyl groups is 1. The molecule has 0 aromatic carbocycles. The zero-order chi connectivity index (χ0) is 98.9. The van der Waals surface area contributed by atoms with E-state index in [0.717, 1.165) is 77.0 Å². The normalized spacial score (nSPS) is 39.9. The number of carbonyl (C=O) groups excluding carboxylic acids is 6.